The molecule has 2 N–H and O–H groups in total. The van der Waals surface area contributed by atoms with E-state index in [0.29, 0.717) is 11.4 Å². The molecule has 1 heterocycles. The first kappa shape index (κ1) is 15.3. The van der Waals surface area contributed by atoms with Crippen molar-refractivity contribution >= 4 is 5.96 Å². The molecule has 1 atom stereocenters. The van der Waals surface area contributed by atoms with Gasteiger partial charge in [-0.05, 0) is 18.2 Å². The van der Waals surface area contributed by atoms with Gasteiger partial charge in [0, 0.05) is 18.8 Å². The Morgan fingerprint density at radius 3 is 2.64 bits per heavy atom. The molecule has 6 heteroatoms. The van der Waals surface area contributed by atoms with Crippen LogP contribution >= 0.6 is 0 Å². The van der Waals surface area contributed by atoms with Gasteiger partial charge in [-0.25, -0.2) is 4.90 Å². The normalized spacial score (nSPS) is 12.3. The van der Waals surface area contributed by atoms with Crippen LogP contribution in [-0.4, -0.2) is 30.0 Å². The number of ether oxygens (including phenoxy) is 1. The molecule has 0 radical (unpaired) electrons. The summed E-state index contributed by atoms with van der Waals surface area (Å²) < 4.78 is 5.41. The highest BCUT2D eigenvalue weighted by Gasteiger charge is 2.27. The number of nitriles is 1. The molecular formula is C16H17N5O. The minimum Gasteiger partial charge on any atom is -0.496 e. The zero-order valence-electron chi connectivity index (χ0n) is 12.5. The molecule has 0 aliphatic heterocycles. The summed E-state index contributed by atoms with van der Waals surface area (Å²) in [4.78, 5) is 9.59. The monoisotopic (exact) mass is 295 g/mol. The molecule has 0 amide bonds. The number of pyridine rings is 1. The van der Waals surface area contributed by atoms with E-state index in [-0.39, 0.29) is 5.96 Å². The summed E-state index contributed by atoms with van der Waals surface area (Å²) in [5.41, 5.74) is 7.35. The molecule has 0 spiro atoms. The number of aliphatic imine (C=N–C) groups is 1. The van der Waals surface area contributed by atoms with Crippen molar-refractivity contribution in [2.75, 3.05) is 14.2 Å². The van der Waals surface area contributed by atoms with Gasteiger partial charge < -0.3 is 10.5 Å². The number of rotatable bonds is 4. The Balaban J connectivity index is 2.63. The molecule has 22 heavy (non-hydrogen) atoms. The lowest BCUT2D eigenvalue weighted by molar-refractivity contribution is 0.390. The third kappa shape index (κ3) is 2.99. The SMILES string of the molecule is CN=C(N)N(C#N)C(c1ccccn1)c1ccccc1OC. The highest BCUT2D eigenvalue weighted by molar-refractivity contribution is 5.80. The smallest absolute Gasteiger partial charge is 0.205 e. The van der Waals surface area contributed by atoms with Crippen molar-refractivity contribution < 1.29 is 4.74 Å². The minimum atomic E-state index is -0.508. The molecule has 1 aromatic carbocycles. The van der Waals surface area contributed by atoms with Crippen molar-refractivity contribution in [3.63, 3.8) is 0 Å². The Hall–Kier alpha value is -3.07. The summed E-state index contributed by atoms with van der Waals surface area (Å²) in [5, 5.41) is 9.53. The van der Waals surface area contributed by atoms with Gasteiger partial charge in [0.05, 0.1) is 12.8 Å². The van der Waals surface area contributed by atoms with E-state index in [1.165, 1.54) is 11.9 Å². The van der Waals surface area contributed by atoms with E-state index >= 15 is 0 Å². The number of hydrogen-bond acceptors (Lipinski definition) is 4. The number of nitrogens with two attached hydrogens (primary N) is 1. The van der Waals surface area contributed by atoms with Crippen molar-refractivity contribution in [3.05, 3.63) is 59.9 Å². The van der Waals surface area contributed by atoms with Crippen molar-refractivity contribution in [2.45, 2.75) is 6.04 Å². The molecule has 0 aliphatic carbocycles. The summed E-state index contributed by atoms with van der Waals surface area (Å²) in [5.74, 6) is 0.770. The molecule has 0 saturated carbocycles. The first-order valence-electron chi connectivity index (χ1n) is 6.68. The fourth-order valence-electron chi connectivity index (χ4n) is 2.21. The summed E-state index contributed by atoms with van der Waals surface area (Å²) in [6.45, 7) is 0. The molecule has 1 unspecified atom stereocenters. The van der Waals surface area contributed by atoms with Crippen LogP contribution in [0, 0.1) is 11.5 Å². The Morgan fingerprint density at radius 1 is 1.32 bits per heavy atom. The van der Waals surface area contributed by atoms with Gasteiger partial charge in [-0.15, -0.1) is 0 Å². The predicted molar refractivity (Wildman–Crippen MR) is 84.1 cm³/mol. The summed E-state index contributed by atoms with van der Waals surface area (Å²) >= 11 is 0. The maximum absolute atomic E-state index is 9.53. The highest BCUT2D eigenvalue weighted by atomic mass is 16.5. The van der Waals surface area contributed by atoms with E-state index in [0.717, 1.165) is 5.56 Å². The standard InChI is InChI=1S/C16H17N5O/c1-19-16(18)21(11-17)15(13-8-5-6-10-20-13)12-7-3-4-9-14(12)22-2/h3-10,15H,1-2H3,(H2,18,19). The third-order valence-electron chi connectivity index (χ3n) is 3.24. The molecule has 0 aliphatic rings. The van der Waals surface area contributed by atoms with Crippen LogP contribution in [0.2, 0.25) is 0 Å². The van der Waals surface area contributed by atoms with Gasteiger partial charge in [-0.2, -0.15) is 5.26 Å². The Morgan fingerprint density at radius 2 is 2.05 bits per heavy atom. The van der Waals surface area contributed by atoms with Crippen LogP contribution in [0.4, 0.5) is 0 Å². The number of methoxy groups -OCH3 is 1. The maximum Gasteiger partial charge on any atom is 0.205 e. The maximum atomic E-state index is 9.53. The molecule has 112 valence electrons. The molecule has 2 aromatic rings. The molecule has 0 fully saturated rings. The topological polar surface area (TPSA) is 87.5 Å². The molecule has 6 nitrogen and oxygen atoms in total. The molecule has 0 saturated heterocycles. The first-order chi connectivity index (χ1) is 10.7. The first-order valence-corrected chi connectivity index (χ1v) is 6.68. The van der Waals surface area contributed by atoms with Gasteiger partial charge in [0.2, 0.25) is 5.96 Å². The van der Waals surface area contributed by atoms with E-state index in [1.54, 1.807) is 13.3 Å². The van der Waals surface area contributed by atoms with Crippen LogP contribution in [0.3, 0.4) is 0 Å². The minimum absolute atomic E-state index is 0.115. The number of benzene rings is 1. The summed E-state index contributed by atoms with van der Waals surface area (Å²) in [7, 11) is 3.12. The van der Waals surface area contributed by atoms with Crippen molar-refractivity contribution in [2.24, 2.45) is 10.7 Å². The zero-order valence-corrected chi connectivity index (χ0v) is 12.5. The van der Waals surface area contributed by atoms with Gasteiger partial charge in [0.15, 0.2) is 6.19 Å². The lowest BCUT2D eigenvalue weighted by atomic mass is 10.0. The van der Waals surface area contributed by atoms with E-state index in [4.69, 9.17) is 10.5 Å². The van der Waals surface area contributed by atoms with Crippen LogP contribution in [0.25, 0.3) is 0 Å². The lowest BCUT2D eigenvalue weighted by Crippen LogP contribution is -2.37. The van der Waals surface area contributed by atoms with Gasteiger partial charge in [0.25, 0.3) is 0 Å². The summed E-state index contributed by atoms with van der Waals surface area (Å²) in [6, 6.07) is 12.5. The van der Waals surface area contributed by atoms with Gasteiger partial charge in [-0.3, -0.25) is 9.98 Å². The number of aromatic nitrogens is 1. The Kier molecular flexibility index (Phi) is 4.94. The zero-order chi connectivity index (χ0) is 15.9. The lowest BCUT2D eigenvalue weighted by Gasteiger charge is -2.27. The van der Waals surface area contributed by atoms with Crippen molar-refractivity contribution in [1.82, 2.24) is 9.88 Å². The number of para-hydroxylation sites is 1. The number of guanidine groups is 1. The Labute approximate surface area is 129 Å². The van der Waals surface area contributed by atoms with Crippen LogP contribution in [-0.2, 0) is 0 Å². The molecular weight excluding hydrogens is 278 g/mol. The van der Waals surface area contributed by atoms with Gasteiger partial charge >= 0.3 is 0 Å². The van der Waals surface area contributed by atoms with Crippen LogP contribution in [0.1, 0.15) is 17.3 Å². The average Bonchev–Trinajstić information content (AvgIpc) is 2.59. The predicted octanol–water partition coefficient (Wildman–Crippen LogP) is 1.91. The van der Waals surface area contributed by atoms with Crippen LogP contribution in [0.5, 0.6) is 5.75 Å². The molecule has 2 rings (SSSR count). The van der Waals surface area contributed by atoms with Gasteiger partial charge in [0.1, 0.15) is 11.8 Å². The number of nitrogens with zero attached hydrogens (tertiary/aromatic N) is 4. The second kappa shape index (κ2) is 7.09. The largest absolute Gasteiger partial charge is 0.496 e. The molecule has 1 aromatic heterocycles. The van der Waals surface area contributed by atoms with Crippen molar-refractivity contribution in [3.8, 4) is 11.9 Å². The quantitative estimate of drug-likeness (QED) is 0.403. The van der Waals surface area contributed by atoms with E-state index < -0.39 is 6.04 Å². The van der Waals surface area contributed by atoms with Gasteiger partial charge in [-0.1, -0.05) is 24.3 Å². The number of hydrogen-bond donors (Lipinski definition) is 1. The van der Waals surface area contributed by atoms with Crippen molar-refractivity contribution in [1.29, 1.82) is 5.26 Å². The van der Waals surface area contributed by atoms with E-state index in [1.807, 2.05) is 42.5 Å². The second-order valence-corrected chi connectivity index (χ2v) is 4.45. The third-order valence-corrected chi connectivity index (χ3v) is 3.24. The van der Waals surface area contributed by atoms with E-state index in [9.17, 15) is 5.26 Å². The van der Waals surface area contributed by atoms with Crippen LogP contribution in [0.15, 0.2) is 53.7 Å². The average molecular weight is 295 g/mol. The fourth-order valence-corrected chi connectivity index (χ4v) is 2.21. The highest BCUT2D eigenvalue weighted by Crippen LogP contribution is 2.33. The summed E-state index contributed by atoms with van der Waals surface area (Å²) in [6.07, 6.45) is 3.76. The van der Waals surface area contributed by atoms with E-state index in [2.05, 4.69) is 16.2 Å². The molecule has 0 bridgehead atoms. The van der Waals surface area contributed by atoms with Crippen LogP contribution < -0.4 is 10.5 Å². The second-order valence-electron chi connectivity index (χ2n) is 4.45. The Bertz CT molecular complexity index is 693. The fraction of sp³-hybridized carbons (Fsp3) is 0.188.